The van der Waals surface area contributed by atoms with Crippen LogP contribution in [0, 0.1) is 6.92 Å². The van der Waals surface area contributed by atoms with Crippen molar-refractivity contribution in [2.45, 2.75) is 18.2 Å². The van der Waals surface area contributed by atoms with E-state index in [-0.39, 0.29) is 17.0 Å². The maximum absolute atomic E-state index is 12.5. The van der Waals surface area contributed by atoms with E-state index >= 15 is 0 Å². The van der Waals surface area contributed by atoms with Crippen LogP contribution in [0.5, 0.6) is 0 Å². The predicted octanol–water partition coefficient (Wildman–Crippen LogP) is 0.980. The molecule has 1 aliphatic heterocycles. The van der Waals surface area contributed by atoms with Crippen LogP contribution in [0.4, 0.5) is 0 Å². The van der Waals surface area contributed by atoms with E-state index in [0.717, 1.165) is 25.1 Å². The molecule has 2 rings (SSSR count). The molecule has 0 bridgehead atoms. The smallest absolute Gasteiger partial charge is 0.338 e. The monoisotopic (exact) mass is 324 g/mol. The van der Waals surface area contributed by atoms with Gasteiger partial charge in [0.2, 0.25) is 10.0 Å². The van der Waals surface area contributed by atoms with Crippen LogP contribution in [0.15, 0.2) is 34.7 Å². The number of hydrogen-bond donors (Lipinski definition) is 2. The highest BCUT2D eigenvalue weighted by molar-refractivity contribution is 7.89. The van der Waals surface area contributed by atoms with Gasteiger partial charge in [-0.2, -0.15) is 0 Å². The van der Waals surface area contributed by atoms with Gasteiger partial charge < -0.3 is 10.1 Å². The number of carbonyl (C=O) groups is 1. The van der Waals surface area contributed by atoms with Gasteiger partial charge in [-0.3, -0.25) is 0 Å². The number of benzene rings is 1. The van der Waals surface area contributed by atoms with Crippen molar-refractivity contribution in [2.24, 2.45) is 0 Å². The SMILES string of the molecule is COC(=O)c1cccc(S(=O)(=O)NCC2=CCNCC2)c1C. The van der Waals surface area contributed by atoms with E-state index < -0.39 is 16.0 Å². The first-order chi connectivity index (χ1) is 10.5. The number of ether oxygens (including phenoxy) is 1. The molecule has 0 fully saturated rings. The van der Waals surface area contributed by atoms with Crippen LogP contribution in [-0.2, 0) is 14.8 Å². The molecular formula is C15H20N2O4S. The topological polar surface area (TPSA) is 84.5 Å². The fourth-order valence-corrected chi connectivity index (χ4v) is 3.63. The Morgan fingerprint density at radius 1 is 1.41 bits per heavy atom. The Morgan fingerprint density at radius 3 is 2.82 bits per heavy atom. The molecule has 1 aliphatic rings. The lowest BCUT2D eigenvalue weighted by Crippen LogP contribution is -2.30. The lowest BCUT2D eigenvalue weighted by Gasteiger charge is -2.16. The molecule has 0 saturated heterocycles. The van der Waals surface area contributed by atoms with Crippen molar-refractivity contribution in [3.05, 3.63) is 41.0 Å². The highest BCUT2D eigenvalue weighted by atomic mass is 32.2. The number of nitrogens with one attached hydrogen (secondary N) is 2. The lowest BCUT2D eigenvalue weighted by atomic mass is 10.1. The van der Waals surface area contributed by atoms with Gasteiger partial charge in [0.15, 0.2) is 0 Å². The third kappa shape index (κ3) is 3.73. The van der Waals surface area contributed by atoms with Gasteiger partial charge in [-0.25, -0.2) is 17.9 Å². The first-order valence-corrected chi connectivity index (χ1v) is 8.50. The molecule has 22 heavy (non-hydrogen) atoms. The predicted molar refractivity (Wildman–Crippen MR) is 83.3 cm³/mol. The Morgan fingerprint density at radius 2 is 2.18 bits per heavy atom. The van der Waals surface area contributed by atoms with Crippen LogP contribution in [0.25, 0.3) is 0 Å². The number of hydrogen-bond acceptors (Lipinski definition) is 5. The molecular weight excluding hydrogens is 304 g/mol. The Bertz CT molecular complexity index is 695. The lowest BCUT2D eigenvalue weighted by molar-refractivity contribution is 0.0599. The van der Waals surface area contributed by atoms with E-state index in [2.05, 4.69) is 14.8 Å². The van der Waals surface area contributed by atoms with Crippen LogP contribution in [0.1, 0.15) is 22.3 Å². The number of methoxy groups -OCH3 is 1. The molecule has 0 aromatic heterocycles. The third-order valence-corrected chi connectivity index (χ3v) is 5.17. The Labute approximate surface area is 130 Å². The largest absolute Gasteiger partial charge is 0.465 e. The van der Waals surface area contributed by atoms with Crippen LogP contribution >= 0.6 is 0 Å². The molecule has 7 heteroatoms. The summed E-state index contributed by atoms with van der Waals surface area (Å²) in [5.74, 6) is -0.546. The number of sulfonamides is 1. The number of carbonyl (C=O) groups excluding carboxylic acids is 1. The van der Waals surface area contributed by atoms with E-state index in [1.807, 2.05) is 6.08 Å². The molecule has 2 N–H and O–H groups in total. The molecule has 0 unspecified atom stereocenters. The Balaban J connectivity index is 2.22. The average Bonchev–Trinajstić information content (AvgIpc) is 2.53. The second kappa shape index (κ2) is 7.04. The molecule has 1 aromatic rings. The van der Waals surface area contributed by atoms with Gasteiger partial charge in [0.25, 0.3) is 0 Å². The van der Waals surface area contributed by atoms with E-state index in [0.29, 0.717) is 5.56 Å². The van der Waals surface area contributed by atoms with Gasteiger partial charge in [-0.1, -0.05) is 17.7 Å². The van der Waals surface area contributed by atoms with Crippen LogP contribution in [0.3, 0.4) is 0 Å². The van der Waals surface area contributed by atoms with Crippen molar-refractivity contribution in [2.75, 3.05) is 26.7 Å². The first kappa shape index (κ1) is 16.7. The summed E-state index contributed by atoms with van der Waals surface area (Å²) < 4.78 is 32.2. The first-order valence-electron chi connectivity index (χ1n) is 7.02. The zero-order chi connectivity index (χ0) is 16.2. The maximum atomic E-state index is 12.5. The number of rotatable bonds is 5. The second-order valence-corrected chi connectivity index (χ2v) is 6.80. The Hall–Kier alpha value is -1.70. The number of esters is 1. The summed E-state index contributed by atoms with van der Waals surface area (Å²) >= 11 is 0. The van der Waals surface area contributed by atoms with Crippen LogP contribution in [0.2, 0.25) is 0 Å². The molecule has 1 heterocycles. The van der Waals surface area contributed by atoms with Gasteiger partial charge >= 0.3 is 5.97 Å². The molecule has 0 amide bonds. The minimum atomic E-state index is -3.67. The van der Waals surface area contributed by atoms with E-state index in [4.69, 9.17) is 0 Å². The highest BCUT2D eigenvalue weighted by Crippen LogP contribution is 2.20. The molecule has 0 aliphatic carbocycles. The minimum Gasteiger partial charge on any atom is -0.465 e. The van der Waals surface area contributed by atoms with Crippen molar-refractivity contribution in [3.63, 3.8) is 0 Å². The van der Waals surface area contributed by atoms with Gasteiger partial charge in [0, 0.05) is 13.1 Å². The van der Waals surface area contributed by atoms with E-state index in [9.17, 15) is 13.2 Å². The molecule has 120 valence electrons. The molecule has 0 atom stereocenters. The standard InChI is InChI=1S/C15H20N2O4S/c1-11-13(15(18)21-2)4-3-5-14(11)22(19,20)17-10-12-6-8-16-9-7-12/h3-6,16-17H,7-10H2,1-2H3. The summed E-state index contributed by atoms with van der Waals surface area (Å²) in [4.78, 5) is 11.8. The van der Waals surface area contributed by atoms with Gasteiger partial charge in [0.1, 0.15) is 0 Å². The summed E-state index contributed by atoms with van der Waals surface area (Å²) in [5, 5.41) is 3.17. The fourth-order valence-electron chi connectivity index (χ4n) is 2.33. The van der Waals surface area contributed by atoms with E-state index in [1.165, 1.54) is 19.2 Å². The molecule has 0 spiro atoms. The average molecular weight is 324 g/mol. The molecule has 0 saturated carbocycles. The molecule has 0 radical (unpaired) electrons. The minimum absolute atomic E-state index is 0.102. The van der Waals surface area contributed by atoms with Crippen molar-refractivity contribution in [1.29, 1.82) is 0 Å². The Kier molecular flexibility index (Phi) is 5.33. The molecule has 6 nitrogen and oxygen atoms in total. The quantitative estimate of drug-likeness (QED) is 0.623. The van der Waals surface area contributed by atoms with Gasteiger partial charge in [-0.15, -0.1) is 0 Å². The van der Waals surface area contributed by atoms with Crippen LogP contribution < -0.4 is 10.0 Å². The van der Waals surface area contributed by atoms with Crippen molar-refractivity contribution >= 4 is 16.0 Å². The normalized spacial score (nSPS) is 15.3. The summed E-state index contributed by atoms with van der Waals surface area (Å²) in [6, 6.07) is 4.58. The summed E-state index contributed by atoms with van der Waals surface area (Å²) in [6.45, 7) is 3.49. The van der Waals surface area contributed by atoms with Crippen LogP contribution in [-0.4, -0.2) is 41.1 Å². The van der Waals surface area contributed by atoms with E-state index in [1.54, 1.807) is 13.0 Å². The zero-order valence-electron chi connectivity index (χ0n) is 12.7. The van der Waals surface area contributed by atoms with Crippen molar-refractivity contribution in [3.8, 4) is 0 Å². The zero-order valence-corrected chi connectivity index (χ0v) is 13.5. The summed E-state index contributed by atoms with van der Waals surface area (Å²) in [7, 11) is -2.40. The van der Waals surface area contributed by atoms with Crippen molar-refractivity contribution < 1.29 is 17.9 Å². The maximum Gasteiger partial charge on any atom is 0.338 e. The third-order valence-electron chi connectivity index (χ3n) is 3.63. The highest BCUT2D eigenvalue weighted by Gasteiger charge is 2.21. The fraction of sp³-hybridized carbons (Fsp3) is 0.400. The second-order valence-electron chi connectivity index (χ2n) is 5.06. The molecule has 1 aromatic carbocycles. The summed E-state index contributed by atoms with van der Waals surface area (Å²) in [5.41, 5.74) is 1.71. The van der Waals surface area contributed by atoms with Gasteiger partial charge in [-0.05, 0) is 37.6 Å². The van der Waals surface area contributed by atoms with Crippen molar-refractivity contribution in [1.82, 2.24) is 10.0 Å². The summed E-state index contributed by atoms with van der Waals surface area (Å²) in [6.07, 6.45) is 2.81. The van der Waals surface area contributed by atoms with Gasteiger partial charge in [0.05, 0.1) is 17.6 Å².